The van der Waals surface area contributed by atoms with Crippen LogP contribution < -0.4 is 0 Å². The molecule has 0 aromatic carbocycles. The normalized spacial score (nSPS) is 1.86. The van der Waals surface area contributed by atoms with Crippen LogP contribution in [0.15, 0.2) is 78.9 Å². The van der Waals surface area contributed by atoms with Crippen LogP contribution in [0.3, 0.4) is 0 Å². The zero-order valence-electron chi connectivity index (χ0n) is 9.64. The Balaban J connectivity index is -0.00000000817. The third-order valence-corrected chi connectivity index (χ3v) is 0. The molecule has 0 spiro atoms. The molecule has 0 nitrogen and oxygen atoms in total. The zero-order chi connectivity index (χ0) is 14.0. The van der Waals surface area contributed by atoms with Gasteiger partial charge in [-0.3, -0.25) is 0 Å². The van der Waals surface area contributed by atoms with Gasteiger partial charge in [-0.15, -0.1) is 91.8 Å². The third-order valence-electron chi connectivity index (χ3n) is 0. The minimum absolute atomic E-state index is 3.00. The van der Waals surface area contributed by atoms with Crippen molar-refractivity contribution in [3.05, 3.63) is 78.9 Å². The molecule has 0 aromatic heterocycles. The first-order valence-corrected chi connectivity index (χ1v) is 3.33. The van der Waals surface area contributed by atoms with Crippen LogP contribution in [0.2, 0.25) is 0 Å². The minimum atomic E-state index is 3.00. The van der Waals surface area contributed by atoms with Crippen LogP contribution in [-0.4, -0.2) is 0 Å². The lowest BCUT2D eigenvalue weighted by Gasteiger charge is -0.813. The van der Waals surface area contributed by atoms with E-state index < -0.39 is 0 Å². The number of hydrogen-bond acceptors (Lipinski definition) is 0. The molecule has 14 heavy (non-hydrogen) atoms. The fraction of sp³-hybridized carbons (Fsp3) is 0. The molecule has 0 amide bonds. The largest absolute Gasteiger partial charge is 0.124 e. The van der Waals surface area contributed by atoms with Gasteiger partial charge >= 0.3 is 0 Å². The maximum Gasteiger partial charge on any atom is -0.106 e. The van der Waals surface area contributed by atoms with Gasteiger partial charge in [-0.25, -0.2) is 0 Å². The van der Waals surface area contributed by atoms with Crippen molar-refractivity contribution in [1.29, 1.82) is 0 Å². The van der Waals surface area contributed by atoms with Gasteiger partial charge in [0.05, 0.1) is 0 Å². The van der Waals surface area contributed by atoms with E-state index in [1.807, 2.05) is 0 Å². The molecule has 0 rings (SSSR count). The predicted octanol–water partition coefficient (Wildman–Crippen LogP) is 5.06. The monoisotopic (exact) mass is 194 g/mol. The quantitative estimate of drug-likeness (QED) is 0.373. The lowest BCUT2D eigenvalue weighted by molar-refractivity contribution is 2.81. The molecule has 0 atom stereocenters. The van der Waals surface area contributed by atoms with E-state index in [-0.39, 0.29) is 0 Å². The van der Waals surface area contributed by atoms with E-state index in [0.29, 0.717) is 0 Å². The van der Waals surface area contributed by atoms with Gasteiger partial charge in [0.2, 0.25) is 0 Å². The summed E-state index contributed by atoms with van der Waals surface area (Å²) in [5, 5.41) is 0. The van der Waals surface area contributed by atoms with E-state index in [1.54, 1.807) is 0 Å². The molecule has 0 N–H and O–H groups in total. The first kappa shape index (κ1) is 58.1. The van der Waals surface area contributed by atoms with Gasteiger partial charge in [0, 0.05) is 0 Å². The first-order chi connectivity index (χ1) is 7.00. The highest BCUT2D eigenvalue weighted by molar-refractivity contribution is 4.47. The lowest BCUT2D eigenvalue weighted by atomic mass is 11.3. The van der Waals surface area contributed by atoms with Crippen molar-refractivity contribution in [3.8, 4) is 12.8 Å². The Morgan fingerprint density at radius 2 is 0.286 bits per heavy atom. The van der Waals surface area contributed by atoms with Gasteiger partial charge in [0.1, 0.15) is 0 Å². The summed E-state index contributed by atoms with van der Waals surface area (Å²) in [5.74, 6) is 0. The van der Waals surface area contributed by atoms with Crippen molar-refractivity contribution >= 4 is 0 Å². The van der Waals surface area contributed by atoms with E-state index in [4.69, 9.17) is 0 Å². The van der Waals surface area contributed by atoms with Crippen LogP contribution in [0.5, 0.6) is 0 Å². The molecule has 0 saturated carbocycles. The maximum absolute atomic E-state index is 4.00. The Bertz CT molecular complexity index is 36.8. The van der Waals surface area contributed by atoms with E-state index in [1.165, 1.54) is 0 Å². The van der Waals surface area contributed by atoms with Crippen LogP contribution in [0, 0.1) is 12.8 Å². The average molecular weight is 194 g/mol. The Morgan fingerprint density at radius 1 is 0.286 bits per heavy atom. The van der Waals surface area contributed by atoms with Gasteiger partial charge < -0.3 is 0 Å². The molecule has 0 saturated heterocycles. The summed E-state index contributed by atoms with van der Waals surface area (Å²) in [5.41, 5.74) is 0. The molecule has 0 aromatic rings. The molecule has 0 aliphatic rings. The molecule has 0 fully saturated rings. The van der Waals surface area contributed by atoms with Gasteiger partial charge in [-0.1, -0.05) is 0 Å². The second-order valence-corrected chi connectivity index (χ2v) is 0. The van der Waals surface area contributed by atoms with Crippen molar-refractivity contribution in [2.45, 2.75) is 0 Å². The van der Waals surface area contributed by atoms with Crippen molar-refractivity contribution in [2.24, 2.45) is 0 Å². The van der Waals surface area contributed by atoms with E-state index in [0.717, 1.165) is 0 Å². The summed E-state index contributed by atoms with van der Waals surface area (Å²) in [6.07, 6.45) is 8.00. The van der Waals surface area contributed by atoms with Crippen molar-refractivity contribution < 1.29 is 0 Å². The van der Waals surface area contributed by atoms with Gasteiger partial charge in [0.15, 0.2) is 0 Å². The summed E-state index contributed by atoms with van der Waals surface area (Å²) in [6.45, 7) is 36.0. The van der Waals surface area contributed by atoms with E-state index in [2.05, 4.69) is 91.8 Å². The highest BCUT2D eigenvalue weighted by Gasteiger charge is 0.611. The summed E-state index contributed by atoms with van der Waals surface area (Å²) in [4.78, 5) is 0. The summed E-state index contributed by atoms with van der Waals surface area (Å²) < 4.78 is 0. The number of rotatable bonds is 0. The van der Waals surface area contributed by atoms with Crippen molar-refractivity contribution in [2.75, 3.05) is 0 Å². The fourth-order valence-electron chi connectivity index (χ4n) is 0. The van der Waals surface area contributed by atoms with Gasteiger partial charge in [-0.2, -0.15) is 0 Å². The highest BCUT2D eigenvalue weighted by Crippen LogP contribution is 0.872. The standard InChI is InChI=1S/6C2H4.C2H2/c7*1-2/h6*1-2H2;1-2H. The molecule has 0 heteroatoms. The lowest BCUT2D eigenvalue weighted by Crippen LogP contribution is -0.576. The average Bonchev–Trinajstić information content (AvgIpc) is 2.45. The predicted molar refractivity (Wildman–Crippen MR) is 77.4 cm³/mol. The van der Waals surface area contributed by atoms with Crippen molar-refractivity contribution in [3.63, 3.8) is 0 Å². The smallest absolute Gasteiger partial charge is 0.106 e. The first-order valence-electron chi connectivity index (χ1n) is 3.33. The van der Waals surface area contributed by atoms with Crippen LogP contribution >= 0.6 is 0 Å². The van der Waals surface area contributed by atoms with Gasteiger partial charge in [-0.05, 0) is 0 Å². The molecule has 0 aliphatic heterocycles. The molecule has 0 bridgehead atoms. The molecule has 0 radical (unpaired) electrons. The molecule has 0 aliphatic carbocycles. The Morgan fingerprint density at radius 3 is 0.286 bits per heavy atom. The van der Waals surface area contributed by atoms with Gasteiger partial charge in [0.25, 0.3) is 0 Å². The Labute approximate surface area is 92.4 Å². The molecule has 82 valence electrons. The third kappa shape index (κ3) is 203. The van der Waals surface area contributed by atoms with Crippen molar-refractivity contribution in [1.82, 2.24) is 0 Å². The number of hydrogen-bond donors (Lipinski definition) is 0. The molecule has 0 unspecified atom stereocenters. The fourth-order valence-corrected chi connectivity index (χ4v) is 0. The zero-order valence-corrected chi connectivity index (χ0v) is 9.64. The summed E-state index contributed by atoms with van der Waals surface area (Å²) in [7, 11) is 0. The van der Waals surface area contributed by atoms with E-state index in [9.17, 15) is 0 Å². The number of terminal acetylenes is 1. The molecule has 0 heterocycles. The second-order valence-electron chi connectivity index (χ2n) is 0. The van der Waals surface area contributed by atoms with Crippen LogP contribution in [0.4, 0.5) is 0 Å². The summed E-state index contributed by atoms with van der Waals surface area (Å²) in [6, 6.07) is 0. The molecular weight excluding hydrogens is 168 g/mol. The maximum atomic E-state index is 4.00. The van der Waals surface area contributed by atoms with E-state index >= 15 is 0 Å². The second kappa shape index (κ2) is 275. The Kier molecular flexibility index (Phi) is 1140. The summed E-state index contributed by atoms with van der Waals surface area (Å²) >= 11 is 0. The SMILES string of the molecule is C#C.C=C.C=C.C=C.C=C.C=C.C=C. The highest BCUT2D eigenvalue weighted by atomic mass is 12.7. The van der Waals surface area contributed by atoms with Crippen LogP contribution in [0.25, 0.3) is 0 Å². The minimum Gasteiger partial charge on any atom is -0.124 e. The van der Waals surface area contributed by atoms with Crippen LogP contribution in [0.1, 0.15) is 0 Å². The Hall–Kier alpha value is -2.00. The van der Waals surface area contributed by atoms with Crippen LogP contribution in [-0.2, 0) is 0 Å². The topological polar surface area (TPSA) is 0 Å². The molecular formula is C14H26.